The van der Waals surface area contributed by atoms with Crippen molar-refractivity contribution in [2.45, 2.75) is 82.8 Å². The molecule has 2 aromatic heterocycles. The van der Waals surface area contributed by atoms with E-state index in [4.69, 9.17) is 24.3 Å². The lowest BCUT2D eigenvalue weighted by molar-refractivity contribution is -0.149. The zero-order valence-electron chi connectivity index (χ0n) is 24.6. The van der Waals surface area contributed by atoms with Crippen LogP contribution >= 0.6 is 7.75 Å². The van der Waals surface area contributed by atoms with E-state index < -0.39 is 56.6 Å². The number of fused-ring (bicyclic) bond motifs is 1. The van der Waals surface area contributed by atoms with Crippen LogP contribution in [0.15, 0.2) is 36.7 Å². The molecular weight excluding hydrogens is 584 g/mol. The van der Waals surface area contributed by atoms with E-state index in [0.717, 1.165) is 12.8 Å². The summed E-state index contributed by atoms with van der Waals surface area (Å²) in [6, 6.07) is 7.39. The van der Waals surface area contributed by atoms with Crippen LogP contribution in [0.5, 0.6) is 5.75 Å². The van der Waals surface area contributed by atoms with Crippen LogP contribution in [0, 0.1) is 0 Å². The molecule has 1 saturated carbocycles. The van der Waals surface area contributed by atoms with Gasteiger partial charge in [-0.2, -0.15) is 15.1 Å². The number of nitrogen functional groups attached to an aromatic ring is 1. The van der Waals surface area contributed by atoms with Crippen LogP contribution in [0.4, 0.5) is 16.2 Å². The van der Waals surface area contributed by atoms with Gasteiger partial charge in [-0.3, -0.25) is 13.9 Å². The monoisotopic (exact) mass is 621 g/mol. The van der Waals surface area contributed by atoms with Gasteiger partial charge < -0.3 is 29.7 Å². The van der Waals surface area contributed by atoms with Crippen molar-refractivity contribution in [2.75, 3.05) is 24.3 Å². The molecule has 234 valence electrons. The minimum absolute atomic E-state index is 0.0223. The molecule has 1 saturated heterocycles. The lowest BCUT2D eigenvalue weighted by Gasteiger charge is -2.25. The molecule has 0 bridgehead atoms. The molecule has 2 fully saturated rings. The Morgan fingerprint density at radius 2 is 2.00 bits per heavy atom. The second-order valence-corrected chi connectivity index (χ2v) is 12.9. The molecule has 3 heterocycles. The number of imidazole rings is 1. The van der Waals surface area contributed by atoms with Crippen molar-refractivity contribution in [3.8, 4) is 5.75 Å². The predicted octanol–water partition coefficient (Wildman–Crippen LogP) is 3.13. The highest BCUT2D eigenvalue weighted by atomic mass is 31.2. The maximum atomic E-state index is 16.2. The van der Waals surface area contributed by atoms with E-state index in [1.54, 1.807) is 44.2 Å². The van der Waals surface area contributed by atoms with Crippen LogP contribution in [0.1, 0.15) is 46.8 Å². The van der Waals surface area contributed by atoms with Crippen LogP contribution in [-0.2, 0) is 23.4 Å². The van der Waals surface area contributed by atoms with E-state index in [0.29, 0.717) is 17.4 Å². The zero-order chi connectivity index (χ0) is 31.1. The first-order chi connectivity index (χ1) is 20.3. The molecule has 1 aliphatic heterocycles. The molecule has 14 nitrogen and oxygen atoms in total. The summed E-state index contributed by atoms with van der Waals surface area (Å²) in [5, 5.41) is 13.5. The highest BCUT2D eigenvalue weighted by Gasteiger charge is 2.56. The highest BCUT2D eigenvalue weighted by molar-refractivity contribution is 7.52. The van der Waals surface area contributed by atoms with Crippen LogP contribution in [0.2, 0.25) is 0 Å². The van der Waals surface area contributed by atoms with Crippen LogP contribution < -0.4 is 20.2 Å². The van der Waals surface area contributed by atoms with Gasteiger partial charge in [0.2, 0.25) is 5.95 Å². The molecule has 43 heavy (non-hydrogen) atoms. The summed E-state index contributed by atoms with van der Waals surface area (Å²) in [5.74, 6) is 0.00539. The largest absolute Gasteiger partial charge is 0.462 e. The number of aliphatic hydroxyl groups excluding tert-OH is 1. The number of para-hydroxylation sites is 1. The topological polar surface area (TPSA) is 176 Å². The molecule has 6 atom stereocenters. The zero-order valence-corrected chi connectivity index (χ0v) is 25.5. The summed E-state index contributed by atoms with van der Waals surface area (Å²) in [4.78, 5) is 27.4. The van der Waals surface area contributed by atoms with Gasteiger partial charge >= 0.3 is 13.7 Å². The number of nitrogens with one attached hydrogen (secondary N) is 1. The first-order valence-electron chi connectivity index (χ1n) is 14.0. The van der Waals surface area contributed by atoms with Crippen LogP contribution in [0.25, 0.3) is 11.2 Å². The molecule has 5 rings (SSSR count). The van der Waals surface area contributed by atoms with Gasteiger partial charge in [-0.15, -0.1) is 0 Å². The van der Waals surface area contributed by atoms with E-state index in [9.17, 15) is 14.5 Å². The number of hydrogen-bond acceptors (Lipinski definition) is 12. The molecule has 2 aliphatic rings. The number of rotatable bonds is 12. The number of ether oxygens (including phenoxy) is 2. The molecule has 1 aromatic carbocycles. The summed E-state index contributed by atoms with van der Waals surface area (Å²) in [6.45, 7) is 5.43. The number of nitrogens with zero attached hydrogens (tertiary/aromatic N) is 5. The average molecular weight is 622 g/mol. The first kappa shape index (κ1) is 31.1. The highest BCUT2D eigenvalue weighted by Crippen LogP contribution is 2.48. The summed E-state index contributed by atoms with van der Waals surface area (Å²) in [7, 11) is -2.41. The van der Waals surface area contributed by atoms with Crippen molar-refractivity contribution in [3.63, 3.8) is 0 Å². The molecule has 1 aliphatic carbocycles. The summed E-state index contributed by atoms with van der Waals surface area (Å²) in [5.41, 5.74) is 4.29. The van der Waals surface area contributed by atoms with Gasteiger partial charge in [-0.1, -0.05) is 18.2 Å². The number of nitrogens with two attached hydrogens (primary N) is 1. The minimum atomic E-state index is -4.29. The van der Waals surface area contributed by atoms with Crippen molar-refractivity contribution >= 4 is 36.6 Å². The lowest BCUT2D eigenvalue weighted by atomic mass is 9.98. The quantitative estimate of drug-likeness (QED) is 0.199. The van der Waals surface area contributed by atoms with Crippen LogP contribution in [-0.4, -0.2) is 80.3 Å². The number of benzene rings is 1. The summed E-state index contributed by atoms with van der Waals surface area (Å²) in [6.07, 6.45) is -1.43. The van der Waals surface area contributed by atoms with E-state index >= 15 is 4.39 Å². The molecule has 1 unspecified atom stereocenters. The molecule has 0 radical (unpaired) electrons. The van der Waals surface area contributed by atoms with Gasteiger partial charge in [0.05, 0.1) is 19.0 Å². The lowest BCUT2D eigenvalue weighted by Crippen LogP contribution is -2.41. The number of carbonyl (C=O) groups is 1. The van der Waals surface area contributed by atoms with E-state index in [1.165, 1.54) is 24.7 Å². The Bertz CT molecular complexity index is 1500. The average Bonchev–Trinajstić information content (AvgIpc) is 3.67. The third-order valence-electron chi connectivity index (χ3n) is 7.25. The fourth-order valence-corrected chi connectivity index (χ4v) is 6.33. The van der Waals surface area contributed by atoms with Crippen molar-refractivity contribution in [1.29, 1.82) is 0 Å². The number of aliphatic hydroxyl groups is 1. The van der Waals surface area contributed by atoms with Gasteiger partial charge in [-0.05, 0) is 52.7 Å². The SMILES string of the molecule is CC(C)OC(=O)[C@@H](C)NP(=O)(OC[C@H]1O[C@@H](n2cnc3c(N(C)C4CC4)nc(N)nc32)[C@](C)(F)[C@@H]1O)Oc1ccccc1. The Morgan fingerprint density at radius 3 is 2.65 bits per heavy atom. The van der Waals surface area contributed by atoms with E-state index in [-0.39, 0.29) is 17.3 Å². The maximum absolute atomic E-state index is 16.2. The van der Waals surface area contributed by atoms with Gasteiger partial charge in [0, 0.05) is 13.1 Å². The normalized spacial score (nSPS) is 25.9. The number of hydrogen-bond donors (Lipinski definition) is 3. The Kier molecular flexibility index (Phi) is 8.65. The number of alkyl halides is 1. The van der Waals surface area contributed by atoms with Gasteiger partial charge in [0.1, 0.15) is 24.0 Å². The van der Waals surface area contributed by atoms with Crippen molar-refractivity contribution in [1.82, 2.24) is 24.6 Å². The molecule has 0 amide bonds. The second-order valence-electron chi connectivity index (χ2n) is 11.2. The van der Waals surface area contributed by atoms with Gasteiger partial charge in [0.15, 0.2) is 28.9 Å². The summed E-state index contributed by atoms with van der Waals surface area (Å²) < 4.78 is 53.8. The number of aromatic nitrogens is 4. The predicted molar refractivity (Wildman–Crippen MR) is 155 cm³/mol. The van der Waals surface area contributed by atoms with E-state index in [2.05, 4.69) is 20.0 Å². The maximum Gasteiger partial charge on any atom is 0.459 e. The molecule has 0 spiro atoms. The number of anilines is 2. The summed E-state index contributed by atoms with van der Waals surface area (Å²) >= 11 is 0. The number of carbonyl (C=O) groups excluding carboxylic acids is 1. The van der Waals surface area contributed by atoms with Crippen molar-refractivity contribution in [2.24, 2.45) is 0 Å². The molecule has 4 N–H and O–H groups in total. The Morgan fingerprint density at radius 1 is 1.30 bits per heavy atom. The first-order valence-corrected chi connectivity index (χ1v) is 15.6. The van der Waals surface area contributed by atoms with Crippen molar-refractivity contribution < 1.29 is 37.4 Å². The van der Waals surface area contributed by atoms with Crippen molar-refractivity contribution in [3.05, 3.63) is 36.7 Å². The van der Waals surface area contributed by atoms with Gasteiger partial charge in [-0.25, -0.2) is 13.9 Å². The fourth-order valence-electron chi connectivity index (χ4n) is 4.83. The number of halogens is 1. The molecular formula is C27H37FN7O7P. The van der Waals surface area contributed by atoms with E-state index in [1.807, 2.05) is 11.9 Å². The Labute approximate surface area is 248 Å². The fraction of sp³-hybridized carbons (Fsp3) is 0.556. The third kappa shape index (κ3) is 6.60. The number of esters is 1. The second kappa shape index (κ2) is 12.0. The smallest absolute Gasteiger partial charge is 0.459 e. The molecule has 16 heteroatoms. The minimum Gasteiger partial charge on any atom is -0.462 e. The third-order valence-corrected chi connectivity index (χ3v) is 8.90. The van der Waals surface area contributed by atoms with Gasteiger partial charge in [0.25, 0.3) is 0 Å². The Balaban J connectivity index is 1.37. The molecule has 3 aromatic rings. The van der Waals surface area contributed by atoms with Crippen LogP contribution in [0.3, 0.4) is 0 Å². The standard InChI is InChI=1S/C27H37FN7O7P/c1-15(2)40-24(37)16(3)33-43(38,42-18-9-7-6-8-10-18)39-13-19-21(36)27(4,28)25(41-19)35-14-30-20-22(34(5)17-11-12-17)31-26(29)32-23(20)35/h6-10,14-17,19,21,25,36H,11-13H2,1-5H3,(H,33,38)(H2,29,31,32)/t16-,19-,21-,25-,27-,43?/m1/s1. The Hall–Kier alpha value is -3.36.